The fourth-order valence-electron chi connectivity index (χ4n) is 4.32. The highest BCUT2D eigenvalue weighted by Crippen LogP contribution is 2.40. The number of rotatable bonds is 5. The molecule has 5 rings (SSSR count). The van der Waals surface area contributed by atoms with E-state index in [0.29, 0.717) is 0 Å². The molecule has 0 N–H and O–H groups in total. The van der Waals surface area contributed by atoms with Gasteiger partial charge in [0.2, 0.25) is 0 Å². The molecule has 2 aliphatic heterocycles. The normalized spacial score (nSPS) is 17.5. The number of thiophene rings is 1. The first-order valence-corrected chi connectivity index (χ1v) is 12.0. The maximum absolute atomic E-state index is 13.4. The average molecular weight is 449 g/mol. The van der Waals surface area contributed by atoms with Crippen LogP contribution in [-0.4, -0.2) is 73.2 Å². The minimum Gasteiger partial charge on any atom is -0.378 e. The molecule has 166 valence electrons. The molecule has 0 unspecified atom stereocenters. The summed E-state index contributed by atoms with van der Waals surface area (Å²) in [4.78, 5) is 25.1. The highest BCUT2D eigenvalue weighted by atomic mass is 32.1. The number of benzene rings is 1. The number of hydrogen-bond acceptors (Lipinski definition) is 6. The number of morpholine rings is 1. The number of pyridine rings is 1. The van der Waals surface area contributed by atoms with Gasteiger partial charge in [-0.15, -0.1) is 11.3 Å². The second kappa shape index (κ2) is 9.81. The molecule has 1 aromatic carbocycles. The third-order valence-electron chi connectivity index (χ3n) is 6.12. The van der Waals surface area contributed by atoms with Crippen LogP contribution in [0.1, 0.15) is 15.2 Å². The standard InChI is InChI=1S/C25H28N4O2S/c30-24(28-12-10-27(11-13-28)19-20-6-8-26-9-7-20)23-18-22(21-4-2-1-3-5-21)25(32-23)29-14-16-31-17-15-29/h1-9,18H,10-17,19H2. The zero-order valence-corrected chi connectivity index (χ0v) is 19.0. The second-order valence-corrected chi connectivity index (χ2v) is 9.25. The van der Waals surface area contributed by atoms with Crippen LogP contribution in [0, 0.1) is 0 Å². The number of ether oxygens (including phenoxy) is 1. The first-order valence-electron chi connectivity index (χ1n) is 11.2. The quantitative estimate of drug-likeness (QED) is 0.597. The van der Waals surface area contributed by atoms with E-state index < -0.39 is 0 Å². The van der Waals surface area contributed by atoms with Gasteiger partial charge in [-0.2, -0.15) is 0 Å². The van der Waals surface area contributed by atoms with Crippen molar-refractivity contribution in [3.63, 3.8) is 0 Å². The highest BCUT2D eigenvalue weighted by molar-refractivity contribution is 7.18. The SMILES string of the molecule is O=C(c1cc(-c2ccccc2)c(N2CCOCC2)s1)N1CCN(Cc2ccncc2)CC1. The molecule has 4 heterocycles. The minimum atomic E-state index is 0.148. The van der Waals surface area contributed by atoms with Crippen molar-refractivity contribution >= 4 is 22.2 Å². The van der Waals surface area contributed by atoms with Crippen molar-refractivity contribution in [2.24, 2.45) is 0 Å². The van der Waals surface area contributed by atoms with Crippen molar-refractivity contribution in [3.8, 4) is 11.1 Å². The Hall–Kier alpha value is -2.74. The zero-order valence-electron chi connectivity index (χ0n) is 18.2. The lowest BCUT2D eigenvalue weighted by atomic mass is 10.1. The summed E-state index contributed by atoms with van der Waals surface area (Å²) in [6, 6.07) is 16.6. The smallest absolute Gasteiger partial charge is 0.264 e. The van der Waals surface area contributed by atoms with Gasteiger partial charge in [-0.25, -0.2) is 0 Å². The molecule has 0 bridgehead atoms. The summed E-state index contributed by atoms with van der Waals surface area (Å²) < 4.78 is 5.55. The Morgan fingerprint density at radius 3 is 2.38 bits per heavy atom. The molecular formula is C25H28N4O2S. The number of carbonyl (C=O) groups excluding carboxylic acids is 1. The Morgan fingerprint density at radius 1 is 0.938 bits per heavy atom. The molecule has 2 fully saturated rings. The molecule has 2 saturated heterocycles. The van der Waals surface area contributed by atoms with Gasteiger partial charge in [-0.3, -0.25) is 14.7 Å². The fraction of sp³-hybridized carbons (Fsp3) is 0.360. The molecule has 0 atom stereocenters. The average Bonchev–Trinajstić information content (AvgIpc) is 3.31. The van der Waals surface area contributed by atoms with Crippen LogP contribution in [0.3, 0.4) is 0 Å². The van der Waals surface area contributed by atoms with E-state index in [1.807, 2.05) is 23.4 Å². The van der Waals surface area contributed by atoms with Crippen molar-refractivity contribution in [3.05, 3.63) is 71.4 Å². The Labute approximate surface area is 193 Å². The number of aromatic nitrogens is 1. The van der Waals surface area contributed by atoms with Crippen LogP contribution in [0.4, 0.5) is 5.00 Å². The molecular weight excluding hydrogens is 420 g/mol. The lowest BCUT2D eigenvalue weighted by molar-refractivity contribution is 0.0633. The van der Waals surface area contributed by atoms with Crippen molar-refractivity contribution in [2.45, 2.75) is 6.54 Å². The maximum Gasteiger partial charge on any atom is 0.264 e. The van der Waals surface area contributed by atoms with Crippen LogP contribution in [0.2, 0.25) is 0 Å². The van der Waals surface area contributed by atoms with Gasteiger partial charge < -0.3 is 14.5 Å². The Kier molecular flexibility index (Phi) is 6.48. The van der Waals surface area contributed by atoms with Gasteiger partial charge in [0.15, 0.2) is 0 Å². The topological polar surface area (TPSA) is 48.9 Å². The van der Waals surface area contributed by atoms with Crippen molar-refractivity contribution in [1.82, 2.24) is 14.8 Å². The van der Waals surface area contributed by atoms with Gasteiger partial charge >= 0.3 is 0 Å². The summed E-state index contributed by atoms with van der Waals surface area (Å²) in [5.41, 5.74) is 3.57. The molecule has 3 aromatic rings. The van der Waals surface area contributed by atoms with Crippen LogP contribution in [0.5, 0.6) is 0 Å². The van der Waals surface area contributed by atoms with E-state index in [-0.39, 0.29) is 5.91 Å². The highest BCUT2D eigenvalue weighted by Gasteiger charge is 2.26. The van der Waals surface area contributed by atoms with Crippen molar-refractivity contribution in [1.29, 1.82) is 0 Å². The zero-order chi connectivity index (χ0) is 21.8. The van der Waals surface area contributed by atoms with E-state index in [9.17, 15) is 4.79 Å². The van der Waals surface area contributed by atoms with E-state index >= 15 is 0 Å². The molecule has 0 radical (unpaired) electrons. The monoisotopic (exact) mass is 448 g/mol. The third kappa shape index (κ3) is 4.70. The number of nitrogens with zero attached hydrogens (tertiary/aromatic N) is 4. The van der Waals surface area contributed by atoms with Gasteiger partial charge in [0.05, 0.1) is 23.1 Å². The van der Waals surface area contributed by atoms with E-state index in [4.69, 9.17) is 4.74 Å². The summed E-state index contributed by atoms with van der Waals surface area (Å²) in [6.07, 6.45) is 3.67. The number of hydrogen-bond donors (Lipinski definition) is 0. The van der Waals surface area contributed by atoms with Gasteiger partial charge in [-0.05, 0) is 29.3 Å². The summed E-state index contributed by atoms with van der Waals surface area (Å²) in [5.74, 6) is 0.148. The van der Waals surface area contributed by atoms with Crippen molar-refractivity contribution in [2.75, 3.05) is 57.4 Å². The largest absolute Gasteiger partial charge is 0.378 e. The molecule has 2 aliphatic rings. The summed E-state index contributed by atoms with van der Waals surface area (Å²) in [6.45, 7) is 7.39. The van der Waals surface area contributed by atoms with E-state index in [0.717, 1.165) is 75.0 Å². The Bertz CT molecular complexity index is 1030. The van der Waals surface area contributed by atoms with Crippen LogP contribution >= 0.6 is 11.3 Å². The third-order valence-corrected chi connectivity index (χ3v) is 7.31. The Morgan fingerprint density at radius 2 is 1.66 bits per heavy atom. The Balaban J connectivity index is 1.31. The van der Waals surface area contributed by atoms with E-state index in [2.05, 4.69) is 57.2 Å². The number of piperazine rings is 1. The molecule has 6 nitrogen and oxygen atoms in total. The first kappa shape index (κ1) is 21.1. The van der Waals surface area contributed by atoms with Gasteiger partial charge in [0, 0.05) is 63.8 Å². The lowest BCUT2D eigenvalue weighted by Gasteiger charge is -2.34. The minimum absolute atomic E-state index is 0.148. The maximum atomic E-state index is 13.4. The van der Waals surface area contributed by atoms with Crippen LogP contribution in [-0.2, 0) is 11.3 Å². The second-order valence-electron chi connectivity index (χ2n) is 8.22. The summed E-state index contributed by atoms with van der Waals surface area (Å²) in [7, 11) is 0. The van der Waals surface area contributed by atoms with Crippen molar-refractivity contribution < 1.29 is 9.53 Å². The molecule has 0 saturated carbocycles. The van der Waals surface area contributed by atoms with Gasteiger partial charge in [0.1, 0.15) is 0 Å². The summed E-state index contributed by atoms with van der Waals surface area (Å²) in [5, 5.41) is 1.18. The predicted molar refractivity (Wildman–Crippen MR) is 128 cm³/mol. The fourth-order valence-corrected chi connectivity index (χ4v) is 5.52. The first-order chi connectivity index (χ1) is 15.8. The molecule has 32 heavy (non-hydrogen) atoms. The molecule has 7 heteroatoms. The van der Waals surface area contributed by atoms with E-state index in [1.54, 1.807) is 11.3 Å². The number of carbonyl (C=O) groups is 1. The lowest BCUT2D eigenvalue weighted by Crippen LogP contribution is -2.48. The molecule has 1 amide bonds. The van der Waals surface area contributed by atoms with Gasteiger partial charge in [-0.1, -0.05) is 30.3 Å². The van der Waals surface area contributed by atoms with Crippen LogP contribution < -0.4 is 4.90 Å². The van der Waals surface area contributed by atoms with E-state index in [1.165, 1.54) is 10.6 Å². The molecule has 0 aliphatic carbocycles. The number of anilines is 1. The number of amides is 1. The molecule has 2 aromatic heterocycles. The van der Waals surface area contributed by atoms with Crippen LogP contribution in [0.15, 0.2) is 60.9 Å². The van der Waals surface area contributed by atoms with Crippen LogP contribution in [0.25, 0.3) is 11.1 Å². The summed E-state index contributed by atoms with van der Waals surface area (Å²) >= 11 is 1.62. The van der Waals surface area contributed by atoms with Gasteiger partial charge in [0.25, 0.3) is 5.91 Å². The molecule has 0 spiro atoms. The predicted octanol–water partition coefficient (Wildman–Crippen LogP) is 3.60.